The molecule has 1 spiro atoms. The molecule has 4 bridgehead atoms. The molecule has 0 radical (unpaired) electrons. The Morgan fingerprint density at radius 1 is 0.976 bits per heavy atom. The van der Waals surface area contributed by atoms with E-state index < -0.39 is 5.41 Å². The van der Waals surface area contributed by atoms with Gasteiger partial charge >= 0.3 is 0 Å². The second kappa shape index (κ2) is 11.5. The second-order valence-electron chi connectivity index (χ2n) is 10.8. The molecule has 5 heterocycles. The lowest BCUT2D eigenvalue weighted by Gasteiger charge is -2.40. The van der Waals surface area contributed by atoms with Crippen molar-refractivity contribution in [3.8, 4) is 17.1 Å². The molecule has 41 heavy (non-hydrogen) atoms. The van der Waals surface area contributed by atoms with Gasteiger partial charge in [0.05, 0.1) is 24.8 Å². The van der Waals surface area contributed by atoms with Gasteiger partial charge in [-0.15, -0.1) is 15.3 Å². The van der Waals surface area contributed by atoms with Crippen molar-refractivity contribution in [2.75, 3.05) is 26.2 Å². The van der Waals surface area contributed by atoms with Crippen LogP contribution in [0.1, 0.15) is 40.9 Å². The Morgan fingerprint density at radius 3 is 2.49 bits per heavy atom. The molecule has 1 saturated heterocycles. The topological polar surface area (TPSA) is 133 Å². The van der Waals surface area contributed by atoms with Crippen LogP contribution < -0.4 is 10.1 Å². The molecule has 2 aromatic carbocycles. The molecule has 0 saturated carbocycles. The minimum absolute atomic E-state index is 0.00393. The van der Waals surface area contributed by atoms with Crippen LogP contribution in [0.3, 0.4) is 0 Å². The van der Waals surface area contributed by atoms with Gasteiger partial charge in [0.25, 0.3) is 5.91 Å². The quantitative estimate of drug-likeness (QED) is 0.398. The monoisotopic (exact) mass is 555 g/mol. The number of carbonyl (C=O) groups is 2. The van der Waals surface area contributed by atoms with Gasteiger partial charge in [-0.05, 0) is 54.3 Å². The van der Waals surface area contributed by atoms with E-state index in [1.165, 1.54) is 4.80 Å². The number of amides is 2. The van der Waals surface area contributed by atoms with E-state index in [1.807, 2.05) is 52.2 Å². The van der Waals surface area contributed by atoms with Crippen LogP contribution in [0.4, 0.5) is 0 Å². The number of aromatic nitrogens is 7. The maximum absolute atomic E-state index is 13.7. The van der Waals surface area contributed by atoms with Crippen LogP contribution in [0.15, 0.2) is 54.7 Å². The van der Waals surface area contributed by atoms with Crippen molar-refractivity contribution in [1.82, 2.24) is 45.4 Å². The minimum atomic E-state index is -0.667. The van der Waals surface area contributed by atoms with Crippen LogP contribution in [0.5, 0.6) is 5.75 Å². The van der Waals surface area contributed by atoms with Gasteiger partial charge in [0.2, 0.25) is 11.7 Å². The number of benzene rings is 2. The van der Waals surface area contributed by atoms with E-state index in [4.69, 9.17) is 4.74 Å². The SMILES string of the molecule is Cn1nnc(-c2ccc(C(=O)N3CCC4(CC3)Cc3cn(nn3)CCCOc3ccc(cc3)CCNC4=O)cc2)n1. The predicted molar refractivity (Wildman–Crippen MR) is 149 cm³/mol. The van der Waals surface area contributed by atoms with Crippen molar-refractivity contribution in [1.29, 1.82) is 0 Å². The number of hydrogen-bond donors (Lipinski definition) is 1. The normalized spacial score (nSPS) is 17.6. The number of rotatable bonds is 2. The number of likely N-dealkylation sites (tertiary alicyclic amines) is 1. The summed E-state index contributed by atoms with van der Waals surface area (Å²) < 4.78 is 7.67. The molecule has 12 heteroatoms. The summed E-state index contributed by atoms with van der Waals surface area (Å²) in [6, 6.07) is 15.3. The molecule has 2 amide bonds. The molecule has 0 aliphatic carbocycles. The van der Waals surface area contributed by atoms with Gasteiger partial charge in [-0.3, -0.25) is 14.3 Å². The first-order valence-electron chi connectivity index (χ1n) is 14.0. The summed E-state index contributed by atoms with van der Waals surface area (Å²) in [5, 5.41) is 23.9. The van der Waals surface area contributed by atoms with Crippen LogP contribution in [-0.2, 0) is 31.2 Å². The number of ether oxygens (including phenoxy) is 1. The molecular formula is C29H33N9O3. The van der Waals surface area contributed by atoms with Crippen LogP contribution >= 0.6 is 0 Å². The molecule has 212 valence electrons. The first-order chi connectivity index (χ1) is 20.0. The van der Waals surface area contributed by atoms with Gasteiger partial charge in [-0.25, -0.2) is 0 Å². The highest BCUT2D eigenvalue weighted by Crippen LogP contribution is 2.36. The van der Waals surface area contributed by atoms with E-state index in [-0.39, 0.29) is 11.8 Å². The highest BCUT2D eigenvalue weighted by molar-refractivity contribution is 5.95. The Balaban J connectivity index is 1.16. The van der Waals surface area contributed by atoms with E-state index in [2.05, 4.69) is 31.0 Å². The average Bonchev–Trinajstić information content (AvgIpc) is 3.64. The van der Waals surface area contributed by atoms with E-state index in [0.29, 0.717) is 63.4 Å². The number of nitrogens with zero attached hydrogens (tertiary/aromatic N) is 8. The highest BCUT2D eigenvalue weighted by Gasteiger charge is 2.43. The third-order valence-corrected chi connectivity index (χ3v) is 7.92. The van der Waals surface area contributed by atoms with Crippen molar-refractivity contribution < 1.29 is 14.3 Å². The van der Waals surface area contributed by atoms with Gasteiger partial charge < -0.3 is 15.0 Å². The van der Waals surface area contributed by atoms with Crippen molar-refractivity contribution in [3.63, 3.8) is 0 Å². The molecule has 3 aliphatic rings. The Labute approximate surface area is 237 Å². The molecule has 1 fully saturated rings. The fourth-order valence-electron chi connectivity index (χ4n) is 5.52. The second-order valence-corrected chi connectivity index (χ2v) is 10.8. The lowest BCUT2D eigenvalue weighted by molar-refractivity contribution is -0.133. The lowest BCUT2D eigenvalue weighted by Crippen LogP contribution is -2.51. The van der Waals surface area contributed by atoms with E-state index in [9.17, 15) is 9.59 Å². The smallest absolute Gasteiger partial charge is 0.253 e. The van der Waals surface area contributed by atoms with E-state index in [1.54, 1.807) is 19.2 Å². The van der Waals surface area contributed by atoms with E-state index >= 15 is 0 Å². The summed E-state index contributed by atoms with van der Waals surface area (Å²) in [4.78, 5) is 30.3. The molecule has 1 N–H and O–H groups in total. The Kier molecular flexibility index (Phi) is 7.45. The summed E-state index contributed by atoms with van der Waals surface area (Å²) in [6.45, 7) is 2.75. The standard InChI is InChI=1S/C29H33N9O3/c1-36-33-26(32-34-36)22-5-7-23(8-6-22)27(39)37-16-12-29(13-17-37)19-24-20-38(35-31-24)15-2-18-41-25-9-3-21(4-10-25)11-14-30-28(29)40/h3-10,20H,2,11-19H2,1H3,(H,30,40). The highest BCUT2D eigenvalue weighted by atomic mass is 16.5. The first kappa shape index (κ1) is 26.6. The zero-order chi connectivity index (χ0) is 28.2. The lowest BCUT2D eigenvalue weighted by atomic mass is 9.73. The summed E-state index contributed by atoms with van der Waals surface area (Å²) in [5.41, 5.74) is 2.64. The largest absolute Gasteiger partial charge is 0.494 e. The average molecular weight is 556 g/mol. The minimum Gasteiger partial charge on any atom is -0.494 e. The predicted octanol–water partition coefficient (Wildman–Crippen LogP) is 2.08. The van der Waals surface area contributed by atoms with Crippen LogP contribution in [0, 0.1) is 5.41 Å². The maximum Gasteiger partial charge on any atom is 0.253 e. The third kappa shape index (κ3) is 5.96. The van der Waals surface area contributed by atoms with Crippen molar-refractivity contribution >= 4 is 11.8 Å². The van der Waals surface area contributed by atoms with Gasteiger partial charge in [0.1, 0.15) is 5.75 Å². The summed E-state index contributed by atoms with van der Waals surface area (Å²) in [7, 11) is 1.71. The molecule has 7 rings (SSSR count). The summed E-state index contributed by atoms with van der Waals surface area (Å²) in [5.74, 6) is 1.29. The maximum atomic E-state index is 13.7. The van der Waals surface area contributed by atoms with Crippen molar-refractivity contribution in [3.05, 3.63) is 71.5 Å². The van der Waals surface area contributed by atoms with Gasteiger partial charge in [0, 0.05) is 56.3 Å². The fraction of sp³-hybridized carbons (Fsp3) is 0.414. The Hall–Kier alpha value is -4.61. The van der Waals surface area contributed by atoms with Crippen LogP contribution in [0.25, 0.3) is 11.4 Å². The van der Waals surface area contributed by atoms with E-state index in [0.717, 1.165) is 35.4 Å². The number of tetrazole rings is 1. The molecule has 0 unspecified atom stereocenters. The number of nitrogens with one attached hydrogen (secondary N) is 1. The molecule has 12 nitrogen and oxygen atoms in total. The zero-order valence-corrected chi connectivity index (χ0v) is 23.1. The molecule has 0 atom stereocenters. The zero-order valence-electron chi connectivity index (χ0n) is 23.1. The van der Waals surface area contributed by atoms with Gasteiger partial charge in [-0.1, -0.05) is 29.5 Å². The van der Waals surface area contributed by atoms with Crippen molar-refractivity contribution in [2.24, 2.45) is 12.5 Å². The first-order valence-corrected chi connectivity index (χ1v) is 14.0. The third-order valence-electron chi connectivity index (χ3n) is 7.92. The van der Waals surface area contributed by atoms with Crippen LogP contribution in [-0.4, -0.2) is 78.2 Å². The van der Waals surface area contributed by atoms with Gasteiger partial charge in [-0.2, -0.15) is 4.80 Å². The molecule has 2 aromatic heterocycles. The number of piperidine rings is 1. The molecule has 4 aromatic rings. The van der Waals surface area contributed by atoms with Gasteiger partial charge in [0.15, 0.2) is 0 Å². The number of aryl methyl sites for hydroxylation is 2. The Morgan fingerprint density at radius 2 is 1.76 bits per heavy atom. The fourth-order valence-corrected chi connectivity index (χ4v) is 5.52. The van der Waals surface area contributed by atoms with Crippen LogP contribution in [0.2, 0.25) is 0 Å². The Bertz CT molecular complexity index is 1500. The summed E-state index contributed by atoms with van der Waals surface area (Å²) >= 11 is 0. The molecule has 3 aliphatic heterocycles. The summed E-state index contributed by atoms with van der Waals surface area (Å²) in [6.07, 6.45) is 5.01. The number of hydrogen-bond acceptors (Lipinski definition) is 8. The van der Waals surface area contributed by atoms with Crippen molar-refractivity contribution in [2.45, 2.75) is 38.6 Å². The number of carbonyl (C=O) groups excluding carboxylic acids is 2. The number of fused-ring (bicyclic) bond motifs is 8. The molecular weight excluding hydrogens is 522 g/mol.